The van der Waals surface area contributed by atoms with Crippen molar-refractivity contribution in [3.05, 3.63) is 59.7 Å². The maximum absolute atomic E-state index is 12.6. The van der Waals surface area contributed by atoms with Crippen molar-refractivity contribution in [1.82, 2.24) is 4.31 Å². The number of sulfonamides is 1. The fourth-order valence-corrected chi connectivity index (χ4v) is 3.42. The number of rotatable bonds is 4. The highest BCUT2D eigenvalue weighted by Gasteiger charge is 2.22. The van der Waals surface area contributed by atoms with Crippen LogP contribution < -0.4 is 5.73 Å². The Balaban J connectivity index is 2.30. The molecular formula is C15H18N2O2S. The van der Waals surface area contributed by atoms with Crippen molar-refractivity contribution in [2.75, 3.05) is 12.8 Å². The summed E-state index contributed by atoms with van der Waals surface area (Å²) in [7, 11) is -1.93. The van der Waals surface area contributed by atoms with Crippen LogP contribution in [0.2, 0.25) is 0 Å². The van der Waals surface area contributed by atoms with Crippen LogP contribution in [0.4, 0.5) is 5.69 Å². The van der Waals surface area contributed by atoms with E-state index in [1.54, 1.807) is 32.2 Å². The molecule has 106 valence electrons. The third kappa shape index (κ3) is 3.00. The number of nitrogens with zero attached hydrogens (tertiary/aromatic N) is 1. The van der Waals surface area contributed by atoms with Gasteiger partial charge >= 0.3 is 0 Å². The second-order valence-electron chi connectivity index (χ2n) is 4.77. The Morgan fingerprint density at radius 2 is 1.75 bits per heavy atom. The van der Waals surface area contributed by atoms with Gasteiger partial charge in [-0.2, -0.15) is 4.31 Å². The third-order valence-electron chi connectivity index (χ3n) is 3.14. The fourth-order valence-electron chi connectivity index (χ4n) is 2.06. The second kappa shape index (κ2) is 5.64. The highest BCUT2D eigenvalue weighted by Crippen LogP contribution is 2.22. The van der Waals surface area contributed by atoms with Crippen LogP contribution in [-0.2, 0) is 16.6 Å². The fraction of sp³-hybridized carbons (Fsp3) is 0.200. The Labute approximate surface area is 119 Å². The van der Waals surface area contributed by atoms with E-state index in [0.29, 0.717) is 22.7 Å². The number of anilines is 1. The van der Waals surface area contributed by atoms with Crippen LogP contribution in [0.3, 0.4) is 0 Å². The number of hydrogen-bond donors (Lipinski definition) is 1. The first-order valence-electron chi connectivity index (χ1n) is 6.27. The Morgan fingerprint density at radius 3 is 2.35 bits per heavy atom. The predicted octanol–water partition coefficient (Wildman–Crippen LogP) is 2.40. The molecule has 0 aliphatic carbocycles. The average Bonchev–Trinajstić information content (AvgIpc) is 2.39. The normalized spacial score (nSPS) is 11.8. The number of hydrogen-bond acceptors (Lipinski definition) is 3. The molecule has 0 radical (unpaired) electrons. The molecule has 5 heteroatoms. The summed E-state index contributed by atoms with van der Waals surface area (Å²) in [6.07, 6.45) is 0. The number of aryl methyl sites for hydroxylation is 1. The van der Waals surface area contributed by atoms with Crippen LogP contribution in [0, 0.1) is 6.92 Å². The van der Waals surface area contributed by atoms with Crippen LogP contribution in [0.15, 0.2) is 53.4 Å². The molecule has 0 aliphatic rings. The van der Waals surface area contributed by atoms with Gasteiger partial charge in [-0.05, 0) is 36.2 Å². The van der Waals surface area contributed by atoms with E-state index in [1.165, 1.54) is 4.31 Å². The zero-order valence-corrected chi connectivity index (χ0v) is 12.4. The Hall–Kier alpha value is -1.85. The molecule has 0 bridgehead atoms. The number of benzene rings is 2. The van der Waals surface area contributed by atoms with Gasteiger partial charge in [0.2, 0.25) is 10.0 Å². The lowest BCUT2D eigenvalue weighted by Gasteiger charge is -2.18. The molecular weight excluding hydrogens is 272 g/mol. The minimum Gasteiger partial charge on any atom is -0.399 e. The van der Waals surface area contributed by atoms with Crippen LogP contribution in [0.25, 0.3) is 0 Å². The van der Waals surface area contributed by atoms with Crippen molar-refractivity contribution in [2.24, 2.45) is 0 Å². The minimum absolute atomic E-state index is 0.296. The van der Waals surface area contributed by atoms with Crippen molar-refractivity contribution in [3.8, 4) is 0 Å². The van der Waals surface area contributed by atoms with Gasteiger partial charge in [0.15, 0.2) is 0 Å². The largest absolute Gasteiger partial charge is 0.399 e. The monoisotopic (exact) mass is 290 g/mol. The topological polar surface area (TPSA) is 63.4 Å². The zero-order valence-electron chi connectivity index (χ0n) is 11.6. The Kier molecular flexibility index (Phi) is 4.11. The van der Waals surface area contributed by atoms with Crippen LogP contribution in [-0.4, -0.2) is 19.8 Å². The first-order chi connectivity index (χ1) is 9.41. The van der Waals surface area contributed by atoms with Gasteiger partial charge in [0.1, 0.15) is 0 Å². The smallest absolute Gasteiger partial charge is 0.243 e. The average molecular weight is 290 g/mol. The highest BCUT2D eigenvalue weighted by atomic mass is 32.2. The quantitative estimate of drug-likeness (QED) is 0.879. The van der Waals surface area contributed by atoms with Crippen LogP contribution in [0.1, 0.15) is 11.1 Å². The van der Waals surface area contributed by atoms with Crippen LogP contribution in [0.5, 0.6) is 0 Å². The van der Waals surface area contributed by atoms with Crippen molar-refractivity contribution < 1.29 is 8.42 Å². The lowest BCUT2D eigenvalue weighted by atomic mass is 10.2. The molecule has 4 nitrogen and oxygen atoms in total. The van der Waals surface area contributed by atoms with Gasteiger partial charge in [0.25, 0.3) is 0 Å². The van der Waals surface area contributed by atoms with E-state index in [4.69, 9.17) is 5.73 Å². The minimum atomic E-state index is -3.51. The summed E-state index contributed by atoms with van der Waals surface area (Å²) < 4.78 is 26.5. The summed E-state index contributed by atoms with van der Waals surface area (Å²) in [4.78, 5) is 0.296. The maximum Gasteiger partial charge on any atom is 0.243 e. The summed E-state index contributed by atoms with van der Waals surface area (Å²) in [6.45, 7) is 2.09. The molecule has 0 aromatic heterocycles. The summed E-state index contributed by atoms with van der Waals surface area (Å²) >= 11 is 0. The molecule has 0 spiro atoms. The molecule has 0 aliphatic heterocycles. The number of nitrogens with two attached hydrogens (primary N) is 1. The maximum atomic E-state index is 12.6. The molecule has 0 heterocycles. The van der Waals surface area contributed by atoms with Gasteiger partial charge in [0, 0.05) is 19.3 Å². The van der Waals surface area contributed by atoms with Crippen molar-refractivity contribution in [3.63, 3.8) is 0 Å². The summed E-state index contributed by atoms with van der Waals surface area (Å²) in [5.74, 6) is 0. The van der Waals surface area contributed by atoms with E-state index in [9.17, 15) is 8.42 Å². The lowest BCUT2D eigenvalue weighted by molar-refractivity contribution is 0.466. The van der Waals surface area contributed by atoms with Crippen molar-refractivity contribution in [1.29, 1.82) is 0 Å². The molecule has 2 aromatic carbocycles. The SMILES string of the molecule is Cc1cc(N)ccc1S(=O)(=O)N(C)Cc1ccccc1. The number of nitrogen functional groups attached to an aromatic ring is 1. The molecule has 2 N–H and O–H groups in total. The molecule has 2 rings (SSSR count). The molecule has 0 amide bonds. The van der Waals surface area contributed by atoms with Gasteiger partial charge in [0.05, 0.1) is 4.90 Å². The van der Waals surface area contributed by atoms with Crippen molar-refractivity contribution >= 4 is 15.7 Å². The molecule has 2 aromatic rings. The lowest BCUT2D eigenvalue weighted by Crippen LogP contribution is -2.27. The van der Waals surface area contributed by atoms with E-state index in [2.05, 4.69) is 0 Å². The van der Waals surface area contributed by atoms with E-state index >= 15 is 0 Å². The van der Waals surface area contributed by atoms with Gasteiger partial charge in [-0.25, -0.2) is 8.42 Å². The van der Waals surface area contributed by atoms with Gasteiger partial charge < -0.3 is 5.73 Å². The van der Waals surface area contributed by atoms with Gasteiger partial charge in [-0.1, -0.05) is 30.3 Å². The molecule has 0 fully saturated rings. The van der Waals surface area contributed by atoms with Crippen molar-refractivity contribution in [2.45, 2.75) is 18.4 Å². The molecule has 0 saturated carbocycles. The van der Waals surface area contributed by atoms with E-state index < -0.39 is 10.0 Å². The van der Waals surface area contributed by atoms with Gasteiger partial charge in [-0.15, -0.1) is 0 Å². The summed E-state index contributed by atoms with van der Waals surface area (Å²) in [5, 5.41) is 0. The second-order valence-corrected chi connectivity index (χ2v) is 6.78. The predicted molar refractivity (Wildman–Crippen MR) is 80.7 cm³/mol. The van der Waals surface area contributed by atoms with Gasteiger partial charge in [-0.3, -0.25) is 0 Å². The molecule has 20 heavy (non-hydrogen) atoms. The van der Waals surface area contributed by atoms with E-state index in [0.717, 1.165) is 5.56 Å². The molecule has 0 saturated heterocycles. The summed E-state index contributed by atoms with van der Waals surface area (Å²) in [6, 6.07) is 14.3. The molecule has 0 unspecified atom stereocenters. The van der Waals surface area contributed by atoms with E-state index in [1.807, 2.05) is 30.3 Å². The zero-order chi connectivity index (χ0) is 14.8. The van der Waals surface area contributed by atoms with E-state index in [-0.39, 0.29) is 0 Å². The summed E-state index contributed by atoms with van der Waals surface area (Å²) in [5.41, 5.74) is 7.83. The Bertz CT molecular complexity index is 697. The first-order valence-corrected chi connectivity index (χ1v) is 7.71. The standard InChI is InChI=1S/C15H18N2O2S/c1-12-10-14(16)8-9-15(12)20(18,19)17(2)11-13-6-4-3-5-7-13/h3-10H,11,16H2,1-2H3. The molecule has 0 atom stereocenters. The third-order valence-corrected chi connectivity index (χ3v) is 5.10. The first kappa shape index (κ1) is 14.6. The van der Waals surface area contributed by atoms with Crippen LogP contribution >= 0.6 is 0 Å². The highest BCUT2D eigenvalue weighted by molar-refractivity contribution is 7.89. The Morgan fingerprint density at radius 1 is 1.10 bits per heavy atom.